The minimum absolute atomic E-state index is 0.753. The zero-order chi connectivity index (χ0) is 13.9. The Morgan fingerprint density at radius 3 is 2.63 bits per heavy atom. The van der Waals surface area contributed by atoms with Gasteiger partial charge in [0.15, 0.2) is 0 Å². The van der Waals surface area contributed by atoms with Gasteiger partial charge in [-0.1, -0.05) is 0 Å². The maximum absolute atomic E-state index is 6.01. The van der Waals surface area contributed by atoms with Gasteiger partial charge in [-0.15, -0.1) is 0 Å². The second-order valence-corrected chi connectivity index (χ2v) is 5.64. The number of quaternary nitrogens is 1. The van der Waals surface area contributed by atoms with Gasteiger partial charge in [-0.25, -0.2) is 0 Å². The zero-order valence-electron chi connectivity index (χ0n) is 11.9. The summed E-state index contributed by atoms with van der Waals surface area (Å²) in [5.41, 5.74) is 14.4. The molecular formula is C14H25N4O+. The molecule has 0 aliphatic carbocycles. The number of nitrogens with two attached hydrogens (primary N) is 2. The maximum Gasteiger partial charge on any atom is 0.102 e. The van der Waals surface area contributed by atoms with Crippen LogP contribution >= 0.6 is 0 Å². The van der Waals surface area contributed by atoms with Crippen LogP contribution < -0.4 is 16.4 Å². The molecule has 0 spiro atoms. The van der Waals surface area contributed by atoms with Crippen molar-refractivity contribution >= 4 is 17.1 Å². The van der Waals surface area contributed by atoms with Gasteiger partial charge in [0.1, 0.15) is 13.1 Å². The second kappa shape index (κ2) is 5.67. The number of ether oxygens (including phenoxy) is 1. The summed E-state index contributed by atoms with van der Waals surface area (Å²) in [4.78, 5) is 2.19. The Morgan fingerprint density at radius 2 is 1.95 bits per heavy atom. The highest BCUT2D eigenvalue weighted by Gasteiger charge is 2.25. The molecule has 1 saturated heterocycles. The van der Waals surface area contributed by atoms with Crippen molar-refractivity contribution in [2.45, 2.75) is 0 Å². The van der Waals surface area contributed by atoms with Crippen molar-refractivity contribution in [3.63, 3.8) is 0 Å². The normalized spacial score (nSPS) is 18.2. The molecule has 106 valence electrons. The number of hydrogen-bond acceptors (Lipinski definition) is 4. The van der Waals surface area contributed by atoms with Crippen LogP contribution in [0.2, 0.25) is 0 Å². The Kier molecular flexibility index (Phi) is 4.17. The first kappa shape index (κ1) is 14.0. The van der Waals surface area contributed by atoms with Gasteiger partial charge in [0, 0.05) is 12.7 Å². The lowest BCUT2D eigenvalue weighted by atomic mass is 10.2. The van der Waals surface area contributed by atoms with Gasteiger partial charge in [-0.05, 0) is 18.2 Å². The molecule has 1 aromatic carbocycles. The number of morpholine rings is 1. The first-order chi connectivity index (χ1) is 9.00. The summed E-state index contributed by atoms with van der Waals surface area (Å²) >= 11 is 0. The fourth-order valence-electron chi connectivity index (χ4n) is 2.41. The van der Waals surface area contributed by atoms with Gasteiger partial charge in [-0.2, -0.15) is 0 Å². The molecule has 0 atom stereocenters. The van der Waals surface area contributed by atoms with Crippen molar-refractivity contribution in [3.05, 3.63) is 18.2 Å². The molecule has 0 bridgehead atoms. The molecule has 0 amide bonds. The summed E-state index contributed by atoms with van der Waals surface area (Å²) < 4.78 is 6.49. The summed E-state index contributed by atoms with van der Waals surface area (Å²) in [6.07, 6.45) is 0. The van der Waals surface area contributed by atoms with Crippen molar-refractivity contribution < 1.29 is 9.22 Å². The van der Waals surface area contributed by atoms with Crippen LogP contribution in [0, 0.1) is 0 Å². The third-order valence-corrected chi connectivity index (χ3v) is 3.99. The second-order valence-electron chi connectivity index (χ2n) is 5.64. The van der Waals surface area contributed by atoms with Crippen LogP contribution in [-0.4, -0.2) is 58.0 Å². The number of anilines is 3. The quantitative estimate of drug-likeness (QED) is 0.623. The number of rotatable bonds is 4. The molecule has 5 nitrogen and oxygen atoms in total. The molecule has 4 N–H and O–H groups in total. The molecule has 1 heterocycles. The Morgan fingerprint density at radius 1 is 1.26 bits per heavy atom. The first-order valence-electron chi connectivity index (χ1n) is 6.78. The third-order valence-electron chi connectivity index (χ3n) is 3.99. The predicted molar refractivity (Wildman–Crippen MR) is 80.1 cm³/mol. The minimum Gasteiger partial charge on any atom is -0.399 e. The average molecular weight is 265 g/mol. The molecule has 1 fully saturated rings. The van der Waals surface area contributed by atoms with Crippen LogP contribution in [0.3, 0.4) is 0 Å². The summed E-state index contributed by atoms with van der Waals surface area (Å²) in [6, 6.07) is 5.64. The van der Waals surface area contributed by atoms with Crippen molar-refractivity contribution in [2.24, 2.45) is 0 Å². The van der Waals surface area contributed by atoms with E-state index in [-0.39, 0.29) is 0 Å². The van der Waals surface area contributed by atoms with Crippen molar-refractivity contribution in [1.82, 2.24) is 0 Å². The molecule has 19 heavy (non-hydrogen) atoms. The predicted octanol–water partition coefficient (Wildman–Crippen LogP) is 0.764. The Labute approximate surface area is 115 Å². The minimum atomic E-state index is 0.753. The van der Waals surface area contributed by atoms with Crippen LogP contribution in [0.1, 0.15) is 0 Å². The molecule has 5 heteroatoms. The van der Waals surface area contributed by atoms with E-state index in [1.54, 1.807) is 0 Å². The van der Waals surface area contributed by atoms with Crippen LogP contribution in [-0.2, 0) is 4.74 Å². The number of nitrogens with zero attached hydrogens (tertiary/aromatic N) is 2. The largest absolute Gasteiger partial charge is 0.399 e. The highest BCUT2D eigenvalue weighted by Crippen LogP contribution is 2.24. The molecule has 0 radical (unpaired) electrons. The van der Waals surface area contributed by atoms with E-state index in [2.05, 4.69) is 19.0 Å². The standard InChI is InChI=1S/C14H25N4O/c1-17(14-11-12(15)3-4-13(14)16)5-6-18(2)7-9-19-10-8-18/h3-4,11H,5-10,15-16H2,1-2H3/q+1. The molecule has 0 saturated carbocycles. The van der Waals surface area contributed by atoms with E-state index >= 15 is 0 Å². The van der Waals surface area contributed by atoms with Crippen molar-refractivity contribution in [1.29, 1.82) is 0 Å². The first-order valence-corrected chi connectivity index (χ1v) is 6.78. The highest BCUT2D eigenvalue weighted by molar-refractivity contribution is 5.71. The zero-order valence-corrected chi connectivity index (χ0v) is 11.9. The summed E-state index contributed by atoms with van der Waals surface area (Å²) in [7, 11) is 4.36. The molecular weight excluding hydrogens is 240 g/mol. The monoisotopic (exact) mass is 265 g/mol. The topological polar surface area (TPSA) is 64.5 Å². The van der Waals surface area contributed by atoms with Crippen LogP contribution in [0.5, 0.6) is 0 Å². The molecule has 1 aliphatic rings. The van der Waals surface area contributed by atoms with E-state index in [1.165, 1.54) is 0 Å². The van der Waals surface area contributed by atoms with Crippen LogP contribution in [0.25, 0.3) is 0 Å². The number of likely N-dealkylation sites (N-methyl/N-ethyl adjacent to an activating group) is 2. The Bertz CT molecular complexity index is 429. The maximum atomic E-state index is 6.01. The van der Waals surface area contributed by atoms with Gasteiger partial charge >= 0.3 is 0 Å². The highest BCUT2D eigenvalue weighted by atomic mass is 16.5. The van der Waals surface area contributed by atoms with E-state index in [4.69, 9.17) is 16.2 Å². The summed E-state index contributed by atoms with van der Waals surface area (Å²) in [6.45, 7) is 5.94. The Balaban J connectivity index is 1.97. The number of nitrogen functional groups attached to an aromatic ring is 2. The molecule has 1 aliphatic heterocycles. The average Bonchev–Trinajstić information content (AvgIpc) is 2.40. The van der Waals surface area contributed by atoms with Gasteiger partial charge in [0.2, 0.25) is 0 Å². The Hall–Kier alpha value is -1.46. The van der Waals surface area contributed by atoms with Crippen LogP contribution in [0.4, 0.5) is 17.1 Å². The summed E-state index contributed by atoms with van der Waals surface area (Å²) in [5.74, 6) is 0. The fourth-order valence-corrected chi connectivity index (χ4v) is 2.41. The van der Waals surface area contributed by atoms with Gasteiger partial charge in [0.25, 0.3) is 0 Å². The SMILES string of the molecule is CN(CC[N+]1(C)CCOCC1)c1cc(N)ccc1N. The molecule has 2 rings (SSSR count). The lowest BCUT2D eigenvalue weighted by Crippen LogP contribution is -2.54. The van der Waals surface area contributed by atoms with Crippen molar-refractivity contribution in [2.75, 3.05) is 69.9 Å². The van der Waals surface area contributed by atoms with Crippen LogP contribution in [0.15, 0.2) is 18.2 Å². The molecule has 0 aromatic heterocycles. The lowest BCUT2D eigenvalue weighted by Gasteiger charge is -2.38. The lowest BCUT2D eigenvalue weighted by molar-refractivity contribution is -0.915. The van der Waals surface area contributed by atoms with Gasteiger partial charge in [-0.3, -0.25) is 0 Å². The van der Waals surface area contributed by atoms with Crippen molar-refractivity contribution in [3.8, 4) is 0 Å². The number of hydrogen-bond donors (Lipinski definition) is 2. The van der Waals surface area contributed by atoms with Gasteiger partial charge in [0.05, 0.1) is 44.7 Å². The molecule has 0 unspecified atom stereocenters. The third kappa shape index (κ3) is 3.52. The number of benzene rings is 1. The van der Waals surface area contributed by atoms with E-state index < -0.39 is 0 Å². The summed E-state index contributed by atoms with van der Waals surface area (Å²) in [5, 5.41) is 0. The fraction of sp³-hybridized carbons (Fsp3) is 0.571. The van der Waals surface area contributed by atoms with E-state index in [0.717, 1.165) is 60.9 Å². The van der Waals surface area contributed by atoms with Gasteiger partial charge < -0.3 is 25.6 Å². The van der Waals surface area contributed by atoms with E-state index in [0.29, 0.717) is 0 Å². The van der Waals surface area contributed by atoms with E-state index in [9.17, 15) is 0 Å². The van der Waals surface area contributed by atoms with E-state index in [1.807, 2.05) is 18.2 Å². The smallest absolute Gasteiger partial charge is 0.102 e. The molecule has 1 aromatic rings.